The average Bonchev–Trinajstić information content (AvgIpc) is 2.87. The smallest absolute Gasteiger partial charge is 0.265 e. The van der Waals surface area contributed by atoms with Crippen molar-refractivity contribution in [2.45, 2.75) is 13.8 Å². The molecule has 0 N–H and O–H groups in total. The van der Waals surface area contributed by atoms with Gasteiger partial charge in [0.1, 0.15) is 29.0 Å². The van der Waals surface area contributed by atoms with E-state index in [1.807, 2.05) is 49.4 Å². The first-order valence-electron chi connectivity index (χ1n) is 8.58. The van der Waals surface area contributed by atoms with Gasteiger partial charge >= 0.3 is 0 Å². The van der Waals surface area contributed by atoms with Crippen LogP contribution < -0.4 is 9.47 Å². The first kappa shape index (κ1) is 19.5. The topological polar surface area (TPSA) is 38.8 Å². The van der Waals surface area contributed by atoms with Crippen LogP contribution in [-0.4, -0.2) is 35.4 Å². The zero-order valence-electron chi connectivity index (χ0n) is 15.5. The van der Waals surface area contributed by atoms with Gasteiger partial charge in [-0.05, 0) is 49.2 Å². The lowest BCUT2D eigenvalue weighted by molar-refractivity contribution is -0.121. The summed E-state index contributed by atoms with van der Waals surface area (Å²) in [5.74, 6) is 1.54. The minimum Gasteiger partial charge on any atom is -0.490 e. The average molecular weight is 400 g/mol. The molecule has 140 valence electrons. The summed E-state index contributed by atoms with van der Waals surface area (Å²) in [5.41, 5.74) is 3.23. The molecule has 27 heavy (non-hydrogen) atoms. The zero-order valence-corrected chi connectivity index (χ0v) is 17.2. The highest BCUT2D eigenvalue weighted by molar-refractivity contribution is 8.26. The number of thioether (sulfide) groups is 1. The second-order valence-corrected chi connectivity index (χ2v) is 7.95. The number of carbonyl (C=O) groups is 1. The number of thiocarbonyl (C=S) groups is 1. The maximum Gasteiger partial charge on any atom is 0.265 e. The van der Waals surface area contributed by atoms with Crippen LogP contribution in [0.25, 0.3) is 6.08 Å². The lowest BCUT2D eigenvalue weighted by atomic mass is 10.1. The molecule has 0 aliphatic carbocycles. The number of benzene rings is 2. The van der Waals surface area contributed by atoms with Gasteiger partial charge in [-0.25, -0.2) is 0 Å². The molecule has 2 aromatic rings. The highest BCUT2D eigenvalue weighted by Crippen LogP contribution is 2.31. The molecule has 1 aliphatic heterocycles. The van der Waals surface area contributed by atoms with Crippen molar-refractivity contribution in [3.05, 3.63) is 64.1 Å². The normalized spacial score (nSPS) is 15.5. The van der Waals surface area contributed by atoms with Crippen LogP contribution in [0.4, 0.5) is 0 Å². The Morgan fingerprint density at radius 2 is 1.89 bits per heavy atom. The Morgan fingerprint density at radius 3 is 2.59 bits per heavy atom. The molecule has 0 aromatic heterocycles. The second-order valence-electron chi connectivity index (χ2n) is 6.28. The van der Waals surface area contributed by atoms with Gasteiger partial charge in [-0.3, -0.25) is 9.69 Å². The van der Waals surface area contributed by atoms with E-state index in [2.05, 4.69) is 13.0 Å². The summed E-state index contributed by atoms with van der Waals surface area (Å²) in [5, 5.41) is 0. The zero-order chi connectivity index (χ0) is 19.4. The number of carbonyl (C=O) groups excluding carboxylic acids is 1. The number of amides is 1. The van der Waals surface area contributed by atoms with Gasteiger partial charge in [0.2, 0.25) is 0 Å². The molecule has 0 spiro atoms. The molecule has 6 heteroatoms. The molecule has 0 atom stereocenters. The number of ether oxygens (including phenoxy) is 2. The van der Waals surface area contributed by atoms with Crippen molar-refractivity contribution in [3.8, 4) is 11.5 Å². The van der Waals surface area contributed by atoms with Crippen LogP contribution in [0.2, 0.25) is 0 Å². The fourth-order valence-corrected chi connectivity index (χ4v) is 3.84. The Kier molecular flexibility index (Phi) is 6.19. The number of rotatable bonds is 6. The van der Waals surface area contributed by atoms with E-state index in [1.165, 1.54) is 22.2 Å². The van der Waals surface area contributed by atoms with Crippen molar-refractivity contribution in [1.82, 2.24) is 4.90 Å². The van der Waals surface area contributed by atoms with Crippen molar-refractivity contribution in [1.29, 1.82) is 0 Å². The number of nitrogens with zero attached hydrogens (tertiary/aromatic N) is 1. The Morgan fingerprint density at radius 1 is 1.11 bits per heavy atom. The molecule has 1 fully saturated rings. The maximum atomic E-state index is 12.1. The molecular weight excluding hydrogens is 378 g/mol. The molecule has 0 unspecified atom stereocenters. The molecule has 1 heterocycles. The maximum absolute atomic E-state index is 12.1. The van der Waals surface area contributed by atoms with Crippen LogP contribution in [0.15, 0.2) is 47.4 Å². The van der Waals surface area contributed by atoms with Crippen LogP contribution in [0.1, 0.15) is 16.7 Å². The number of aryl methyl sites for hydroxylation is 2. The fourth-order valence-electron chi connectivity index (χ4n) is 2.66. The highest BCUT2D eigenvalue weighted by atomic mass is 32.2. The van der Waals surface area contributed by atoms with E-state index in [-0.39, 0.29) is 5.91 Å². The Balaban J connectivity index is 1.57. The van der Waals surface area contributed by atoms with Crippen LogP contribution >= 0.6 is 24.0 Å². The summed E-state index contributed by atoms with van der Waals surface area (Å²) >= 11 is 6.47. The van der Waals surface area contributed by atoms with Crippen molar-refractivity contribution in [3.63, 3.8) is 0 Å². The van der Waals surface area contributed by atoms with E-state index in [1.54, 1.807) is 7.05 Å². The lowest BCUT2D eigenvalue weighted by Gasteiger charge is -2.11. The molecule has 0 radical (unpaired) electrons. The fraction of sp³-hybridized carbons (Fsp3) is 0.238. The molecule has 1 amide bonds. The van der Waals surface area contributed by atoms with E-state index < -0.39 is 0 Å². The van der Waals surface area contributed by atoms with Gasteiger partial charge in [0.05, 0.1) is 4.91 Å². The van der Waals surface area contributed by atoms with Gasteiger partial charge in [-0.15, -0.1) is 0 Å². The monoisotopic (exact) mass is 399 g/mol. The van der Waals surface area contributed by atoms with E-state index in [0.717, 1.165) is 22.6 Å². The largest absolute Gasteiger partial charge is 0.490 e. The second kappa shape index (κ2) is 8.59. The third-order valence-electron chi connectivity index (χ3n) is 4.08. The van der Waals surface area contributed by atoms with Crippen molar-refractivity contribution >= 4 is 40.3 Å². The number of likely N-dealkylation sites (N-methyl/N-ethyl adjacent to an activating group) is 1. The Labute approximate surface area is 169 Å². The predicted molar refractivity (Wildman–Crippen MR) is 114 cm³/mol. The lowest BCUT2D eigenvalue weighted by Crippen LogP contribution is -2.22. The molecule has 2 aromatic carbocycles. The number of hydrogen-bond donors (Lipinski definition) is 0. The standard InChI is InChI=1S/C21H21NO3S2/c1-14-7-8-18(15(2)11-14)25-10-9-24-17-6-4-5-16(12-17)13-19-20(23)22(3)21(26)27-19/h4-8,11-13H,9-10H2,1-3H3/b19-13+. The summed E-state index contributed by atoms with van der Waals surface area (Å²) in [4.78, 5) is 14.2. The van der Waals surface area contributed by atoms with E-state index >= 15 is 0 Å². The first-order chi connectivity index (χ1) is 12.9. The molecule has 1 saturated heterocycles. The predicted octanol–water partition coefficient (Wildman–Crippen LogP) is 4.59. The van der Waals surface area contributed by atoms with Crippen LogP contribution in [0, 0.1) is 13.8 Å². The summed E-state index contributed by atoms with van der Waals surface area (Å²) in [6, 6.07) is 13.7. The molecule has 0 saturated carbocycles. The Bertz CT molecular complexity index is 908. The van der Waals surface area contributed by atoms with Gasteiger partial charge in [-0.2, -0.15) is 0 Å². The summed E-state index contributed by atoms with van der Waals surface area (Å²) in [7, 11) is 1.69. The number of hydrogen-bond acceptors (Lipinski definition) is 5. The molecule has 0 bridgehead atoms. The minimum absolute atomic E-state index is 0.0711. The third kappa shape index (κ3) is 4.90. The molecular formula is C21H21NO3S2. The van der Waals surface area contributed by atoms with Gasteiger partial charge in [-0.1, -0.05) is 53.8 Å². The third-order valence-corrected chi connectivity index (χ3v) is 5.57. The van der Waals surface area contributed by atoms with Crippen molar-refractivity contribution < 1.29 is 14.3 Å². The van der Waals surface area contributed by atoms with Gasteiger partial charge in [0.15, 0.2) is 0 Å². The van der Waals surface area contributed by atoms with Gasteiger partial charge < -0.3 is 9.47 Å². The highest BCUT2D eigenvalue weighted by Gasteiger charge is 2.28. The van der Waals surface area contributed by atoms with E-state index in [4.69, 9.17) is 21.7 Å². The SMILES string of the molecule is Cc1ccc(OCCOc2cccc(/C=C3/SC(=S)N(C)C3=O)c2)c(C)c1. The van der Waals surface area contributed by atoms with E-state index in [9.17, 15) is 4.79 Å². The quantitative estimate of drug-likeness (QED) is 0.403. The summed E-state index contributed by atoms with van der Waals surface area (Å²) in [6.45, 7) is 4.99. The van der Waals surface area contributed by atoms with E-state index in [0.29, 0.717) is 22.4 Å². The van der Waals surface area contributed by atoms with Crippen LogP contribution in [0.5, 0.6) is 11.5 Å². The first-order valence-corrected chi connectivity index (χ1v) is 9.81. The summed E-state index contributed by atoms with van der Waals surface area (Å²) < 4.78 is 12.1. The molecule has 1 aliphatic rings. The minimum atomic E-state index is -0.0711. The van der Waals surface area contributed by atoms with Crippen LogP contribution in [-0.2, 0) is 4.79 Å². The molecule has 3 rings (SSSR count). The van der Waals surface area contributed by atoms with Crippen molar-refractivity contribution in [2.24, 2.45) is 0 Å². The Hall–Kier alpha value is -2.31. The van der Waals surface area contributed by atoms with Crippen molar-refractivity contribution in [2.75, 3.05) is 20.3 Å². The van der Waals surface area contributed by atoms with Gasteiger partial charge in [0.25, 0.3) is 5.91 Å². The molecule has 4 nitrogen and oxygen atoms in total. The van der Waals surface area contributed by atoms with Crippen LogP contribution in [0.3, 0.4) is 0 Å². The van der Waals surface area contributed by atoms with Gasteiger partial charge in [0, 0.05) is 7.05 Å². The summed E-state index contributed by atoms with van der Waals surface area (Å²) in [6.07, 6.45) is 1.84.